The molecule has 1 aromatic heterocycles. The van der Waals surface area contributed by atoms with Crippen LogP contribution in [0, 0.1) is 0 Å². The fraction of sp³-hybridized carbons (Fsp3) is 0.581. The number of alkyl halides is 2. The number of piperidine rings is 1. The summed E-state index contributed by atoms with van der Waals surface area (Å²) in [5, 5.41) is 6.16. The van der Waals surface area contributed by atoms with Gasteiger partial charge in [-0.1, -0.05) is 19.3 Å². The number of anilines is 4. The standard InChI is InChI=1S/C31H42F2N8O4/c1-38(2)18-26(42)40-14-12-21(13-15-40)35-28(43)20-10-11-23(25(16-20)45-4)36-30-34-17-24-27(37-30)41(22-8-6-5-7-9-22)19-31(32,33)29(44)39(24)3/h10-11,16-17,21-22H,5-9,12-15,18-19H2,1-4H3,(H,35,43)(H,34,36,37). The highest BCUT2D eigenvalue weighted by Gasteiger charge is 2.48. The van der Waals surface area contributed by atoms with Gasteiger partial charge in [-0.25, -0.2) is 4.98 Å². The number of amides is 3. The number of likely N-dealkylation sites (tertiary alicyclic amines) is 1. The molecule has 244 valence electrons. The Bertz CT molecular complexity index is 1410. The van der Waals surface area contributed by atoms with Crippen molar-refractivity contribution in [3.05, 3.63) is 30.0 Å². The average molecular weight is 629 g/mol. The van der Waals surface area contributed by atoms with Gasteiger partial charge in [0.05, 0.1) is 32.1 Å². The quantitative estimate of drug-likeness (QED) is 0.454. The van der Waals surface area contributed by atoms with E-state index in [1.165, 1.54) is 20.4 Å². The van der Waals surface area contributed by atoms with Crippen molar-refractivity contribution in [1.29, 1.82) is 0 Å². The summed E-state index contributed by atoms with van der Waals surface area (Å²) in [5.74, 6) is -4.24. The van der Waals surface area contributed by atoms with E-state index >= 15 is 8.78 Å². The Kier molecular flexibility index (Phi) is 9.70. The molecule has 14 heteroatoms. The zero-order valence-corrected chi connectivity index (χ0v) is 26.3. The zero-order chi connectivity index (χ0) is 32.3. The summed E-state index contributed by atoms with van der Waals surface area (Å²) in [6.07, 6.45) is 7.10. The number of benzene rings is 1. The third-order valence-corrected chi connectivity index (χ3v) is 8.73. The van der Waals surface area contributed by atoms with Gasteiger partial charge < -0.3 is 35.0 Å². The first-order chi connectivity index (χ1) is 21.5. The van der Waals surface area contributed by atoms with Gasteiger partial charge in [0.1, 0.15) is 11.4 Å². The predicted octanol–water partition coefficient (Wildman–Crippen LogP) is 3.26. The molecule has 0 bridgehead atoms. The summed E-state index contributed by atoms with van der Waals surface area (Å²) < 4.78 is 35.6. The number of halogens is 2. The van der Waals surface area contributed by atoms with E-state index in [2.05, 4.69) is 20.6 Å². The lowest BCUT2D eigenvalue weighted by atomic mass is 9.94. The van der Waals surface area contributed by atoms with E-state index in [1.807, 2.05) is 23.9 Å². The number of aromatic nitrogens is 2. The molecule has 2 N–H and O–H groups in total. The fourth-order valence-corrected chi connectivity index (χ4v) is 6.25. The Labute approximate surface area is 262 Å². The zero-order valence-electron chi connectivity index (χ0n) is 26.3. The Morgan fingerprint density at radius 1 is 1.11 bits per heavy atom. The van der Waals surface area contributed by atoms with Gasteiger partial charge >= 0.3 is 5.92 Å². The number of nitrogens with one attached hydrogen (secondary N) is 2. The van der Waals surface area contributed by atoms with Gasteiger partial charge in [-0.05, 0) is 58.0 Å². The molecule has 2 aromatic rings. The summed E-state index contributed by atoms with van der Waals surface area (Å²) in [7, 11) is 6.51. The van der Waals surface area contributed by atoms with Crippen LogP contribution in [0.5, 0.6) is 5.75 Å². The second-order valence-corrected chi connectivity index (χ2v) is 12.3. The number of rotatable bonds is 8. The lowest BCUT2D eigenvalue weighted by molar-refractivity contribution is -0.140. The van der Waals surface area contributed by atoms with Crippen molar-refractivity contribution in [2.24, 2.45) is 0 Å². The average Bonchev–Trinajstić information content (AvgIpc) is 3.10. The number of hydrogen-bond acceptors (Lipinski definition) is 9. The summed E-state index contributed by atoms with van der Waals surface area (Å²) in [5.41, 5.74) is 1.10. The summed E-state index contributed by atoms with van der Waals surface area (Å²) in [4.78, 5) is 53.2. The summed E-state index contributed by atoms with van der Waals surface area (Å²) in [6.45, 7) is 0.788. The molecule has 0 unspecified atom stereocenters. The highest BCUT2D eigenvalue weighted by atomic mass is 19.3. The topological polar surface area (TPSA) is 123 Å². The van der Waals surface area contributed by atoms with Crippen molar-refractivity contribution in [1.82, 2.24) is 25.1 Å². The van der Waals surface area contributed by atoms with E-state index < -0.39 is 18.4 Å². The van der Waals surface area contributed by atoms with Gasteiger partial charge in [0.2, 0.25) is 11.9 Å². The van der Waals surface area contributed by atoms with Crippen LogP contribution in [-0.2, 0) is 9.59 Å². The van der Waals surface area contributed by atoms with E-state index in [0.29, 0.717) is 49.5 Å². The molecule has 1 saturated carbocycles. The molecule has 3 heterocycles. The van der Waals surface area contributed by atoms with Crippen molar-refractivity contribution in [2.45, 2.75) is 63.0 Å². The Hall–Kier alpha value is -4.07. The van der Waals surface area contributed by atoms with E-state index in [1.54, 1.807) is 23.1 Å². The van der Waals surface area contributed by atoms with Crippen LogP contribution in [0.2, 0.25) is 0 Å². The third kappa shape index (κ3) is 7.26. The molecule has 0 spiro atoms. The van der Waals surface area contributed by atoms with Crippen LogP contribution in [0.3, 0.4) is 0 Å². The number of fused-ring (bicyclic) bond motifs is 1. The molecule has 45 heavy (non-hydrogen) atoms. The molecule has 5 rings (SSSR count). The molecular weight excluding hydrogens is 586 g/mol. The molecule has 3 aliphatic rings. The first-order valence-electron chi connectivity index (χ1n) is 15.4. The SMILES string of the molecule is COc1cc(C(=O)NC2CCN(C(=O)CN(C)C)CC2)ccc1Nc1ncc2c(n1)N(C1CCCCC1)CC(F)(F)C(=O)N2C. The van der Waals surface area contributed by atoms with Crippen LogP contribution in [-0.4, -0.2) is 110 Å². The molecule has 3 amide bonds. The normalized spacial score (nSPS) is 19.3. The number of ether oxygens (including phenoxy) is 1. The largest absolute Gasteiger partial charge is 0.495 e. The molecule has 0 radical (unpaired) electrons. The predicted molar refractivity (Wildman–Crippen MR) is 167 cm³/mol. The van der Waals surface area contributed by atoms with E-state index in [9.17, 15) is 14.4 Å². The van der Waals surface area contributed by atoms with Gasteiger partial charge in [-0.15, -0.1) is 0 Å². The second-order valence-electron chi connectivity index (χ2n) is 12.3. The number of likely N-dealkylation sites (N-methyl/N-ethyl adjacent to an activating group) is 1. The minimum atomic E-state index is -3.57. The highest BCUT2D eigenvalue weighted by molar-refractivity contribution is 6.02. The van der Waals surface area contributed by atoms with Crippen LogP contribution in [0.1, 0.15) is 55.3 Å². The Morgan fingerprint density at radius 3 is 2.49 bits per heavy atom. The van der Waals surface area contributed by atoms with Gasteiger partial charge in [0.15, 0.2) is 5.82 Å². The minimum Gasteiger partial charge on any atom is -0.495 e. The first-order valence-corrected chi connectivity index (χ1v) is 15.4. The summed E-state index contributed by atoms with van der Waals surface area (Å²) >= 11 is 0. The van der Waals surface area contributed by atoms with Gasteiger partial charge in [-0.3, -0.25) is 14.4 Å². The smallest absolute Gasteiger partial charge is 0.342 e. The highest BCUT2D eigenvalue weighted by Crippen LogP contribution is 2.39. The maximum Gasteiger partial charge on any atom is 0.342 e. The molecule has 2 aliphatic heterocycles. The molecule has 1 aromatic carbocycles. The van der Waals surface area contributed by atoms with Crippen LogP contribution >= 0.6 is 0 Å². The van der Waals surface area contributed by atoms with Crippen LogP contribution in [0.15, 0.2) is 24.4 Å². The number of hydrogen-bond donors (Lipinski definition) is 2. The minimum absolute atomic E-state index is 0.0535. The van der Waals surface area contributed by atoms with E-state index in [4.69, 9.17) is 4.74 Å². The maximum atomic E-state index is 15.0. The molecular formula is C31H42F2N8O4. The van der Waals surface area contributed by atoms with Gasteiger partial charge in [-0.2, -0.15) is 13.8 Å². The molecule has 1 aliphatic carbocycles. The lowest BCUT2D eigenvalue weighted by Gasteiger charge is -2.35. The number of methoxy groups -OCH3 is 1. The number of carbonyl (C=O) groups is 3. The molecule has 1 saturated heterocycles. The fourth-order valence-electron chi connectivity index (χ4n) is 6.25. The molecule has 2 fully saturated rings. The number of nitrogens with zero attached hydrogens (tertiary/aromatic N) is 6. The summed E-state index contributed by atoms with van der Waals surface area (Å²) in [6, 6.07) is 4.72. The van der Waals surface area contributed by atoms with E-state index in [-0.39, 0.29) is 41.4 Å². The first kappa shape index (κ1) is 32.3. The Morgan fingerprint density at radius 2 is 1.82 bits per heavy atom. The van der Waals surface area contributed by atoms with Crippen LogP contribution < -0.4 is 25.2 Å². The van der Waals surface area contributed by atoms with Crippen LogP contribution in [0.25, 0.3) is 0 Å². The monoisotopic (exact) mass is 628 g/mol. The maximum absolute atomic E-state index is 15.0. The van der Waals surface area contributed by atoms with Crippen molar-refractivity contribution in [2.75, 3.05) is 69.5 Å². The Balaban J connectivity index is 1.30. The van der Waals surface area contributed by atoms with Crippen molar-refractivity contribution < 1.29 is 27.9 Å². The van der Waals surface area contributed by atoms with Gasteiger partial charge in [0.25, 0.3) is 11.8 Å². The van der Waals surface area contributed by atoms with E-state index in [0.717, 1.165) is 37.0 Å². The lowest BCUT2D eigenvalue weighted by Crippen LogP contribution is -2.49. The molecule has 0 atom stereocenters. The van der Waals surface area contributed by atoms with Crippen molar-refractivity contribution >= 4 is 40.9 Å². The van der Waals surface area contributed by atoms with Crippen molar-refractivity contribution in [3.8, 4) is 5.75 Å². The third-order valence-electron chi connectivity index (χ3n) is 8.73. The van der Waals surface area contributed by atoms with Crippen LogP contribution in [0.4, 0.5) is 31.9 Å². The van der Waals surface area contributed by atoms with Crippen molar-refractivity contribution in [3.63, 3.8) is 0 Å². The number of carbonyl (C=O) groups excluding carboxylic acids is 3. The molecule has 12 nitrogen and oxygen atoms in total. The van der Waals surface area contributed by atoms with Gasteiger partial charge in [0, 0.05) is 37.8 Å². The second kappa shape index (κ2) is 13.5.